The maximum atomic E-state index is 13.5. The average Bonchev–Trinajstić information content (AvgIpc) is 3.24. The molecule has 4 aromatic rings. The van der Waals surface area contributed by atoms with Crippen molar-refractivity contribution in [2.75, 3.05) is 10.6 Å². The molecule has 0 unspecified atom stereocenters. The molecule has 0 spiro atoms. The quantitative estimate of drug-likeness (QED) is 0.202. The largest absolute Gasteiger partial charge is 0.541 e. The van der Waals surface area contributed by atoms with E-state index >= 15 is 0 Å². The van der Waals surface area contributed by atoms with Crippen LogP contribution in [-0.4, -0.2) is 25.8 Å². The first-order valence-electron chi connectivity index (χ1n) is 13.3. The Morgan fingerprint density at radius 2 is 1.45 bits per heavy atom. The molecule has 0 aliphatic carbocycles. The minimum Gasteiger partial charge on any atom is -0.541 e. The summed E-state index contributed by atoms with van der Waals surface area (Å²) in [6.45, 7) is 16.8. The molecule has 3 aromatic carbocycles. The van der Waals surface area contributed by atoms with E-state index in [1.165, 1.54) is 0 Å². The first-order valence-corrected chi connectivity index (χ1v) is 16.1. The van der Waals surface area contributed by atoms with E-state index in [9.17, 15) is 9.59 Å². The summed E-state index contributed by atoms with van der Waals surface area (Å²) in [7, 11) is -1.21. The monoisotopic (exact) mass is 574 g/mol. The number of carbonyl (C=O) groups is 2. The zero-order valence-corrected chi connectivity index (χ0v) is 26.1. The van der Waals surface area contributed by atoms with Crippen molar-refractivity contribution in [1.29, 1.82) is 0 Å². The van der Waals surface area contributed by atoms with Crippen LogP contribution in [0.3, 0.4) is 0 Å². The van der Waals surface area contributed by atoms with Crippen molar-refractivity contribution in [2.45, 2.75) is 65.5 Å². The van der Waals surface area contributed by atoms with E-state index in [2.05, 4.69) is 57.2 Å². The minimum absolute atomic E-state index is 0.0242. The van der Waals surface area contributed by atoms with Crippen LogP contribution in [0.5, 0.6) is 5.75 Å². The summed E-state index contributed by atoms with van der Waals surface area (Å²) >= 11 is 6.21. The molecule has 2 amide bonds. The van der Waals surface area contributed by atoms with Crippen molar-refractivity contribution in [3.8, 4) is 5.75 Å². The van der Waals surface area contributed by atoms with Gasteiger partial charge in [-0.3, -0.25) is 9.59 Å². The van der Waals surface area contributed by atoms with Crippen molar-refractivity contribution < 1.29 is 14.0 Å². The van der Waals surface area contributed by atoms with Crippen molar-refractivity contribution in [1.82, 2.24) is 4.98 Å². The number of carbonyl (C=O) groups excluding carboxylic acids is 2. The fourth-order valence-corrected chi connectivity index (χ4v) is 5.29. The lowest BCUT2D eigenvalue weighted by Crippen LogP contribution is -2.23. The van der Waals surface area contributed by atoms with Crippen molar-refractivity contribution in [3.63, 3.8) is 0 Å². The molecule has 40 heavy (non-hydrogen) atoms. The Morgan fingerprint density at radius 1 is 0.825 bits per heavy atom. The minimum atomic E-state index is -1.21. The Bertz CT molecular complexity index is 1560. The Hall–Kier alpha value is -3.55. The van der Waals surface area contributed by atoms with Crippen LogP contribution >= 0.6 is 11.6 Å². The third kappa shape index (κ3) is 6.42. The number of halogens is 1. The number of anilines is 2. The molecule has 0 saturated heterocycles. The number of hydrogen-bond acceptors (Lipinski definition) is 3. The molecule has 8 heteroatoms. The zero-order chi connectivity index (χ0) is 29.4. The van der Waals surface area contributed by atoms with Crippen LogP contribution in [0.15, 0.2) is 60.8 Å². The molecule has 3 N–H and O–H groups in total. The van der Waals surface area contributed by atoms with E-state index in [-0.39, 0.29) is 22.6 Å². The van der Waals surface area contributed by atoms with Gasteiger partial charge in [0, 0.05) is 33.8 Å². The molecule has 1 radical (unpaired) electrons. The van der Waals surface area contributed by atoms with E-state index in [0.29, 0.717) is 33.3 Å². The number of hydrogen-bond donors (Lipinski definition) is 3. The van der Waals surface area contributed by atoms with Gasteiger partial charge in [-0.25, -0.2) is 0 Å². The predicted octanol–water partition coefficient (Wildman–Crippen LogP) is 8.55. The van der Waals surface area contributed by atoms with Crippen LogP contribution in [0.2, 0.25) is 18.1 Å². The Kier molecular flexibility index (Phi) is 8.20. The van der Waals surface area contributed by atoms with Gasteiger partial charge >= 0.3 is 0 Å². The summed E-state index contributed by atoms with van der Waals surface area (Å²) in [5, 5.41) is 7.52. The fraction of sp³-hybridized carbons (Fsp3) is 0.312. The SMILES string of the molecule is C[Si](C)Oc1c(C(C)(C)C)ccc(NC(=O)c2ccc3c(Cl)c[nH]c3c2)c1NC(=O)c1ccc(C(C)(C)C)cc1. The molecule has 0 fully saturated rings. The second-order valence-corrected chi connectivity index (χ2v) is 14.7. The first kappa shape index (κ1) is 29.4. The van der Waals surface area contributed by atoms with Crippen LogP contribution in [0, 0.1) is 0 Å². The third-order valence-electron chi connectivity index (χ3n) is 6.67. The van der Waals surface area contributed by atoms with E-state index in [1.807, 2.05) is 55.6 Å². The van der Waals surface area contributed by atoms with Crippen LogP contribution in [-0.2, 0) is 10.8 Å². The third-order valence-corrected chi connectivity index (χ3v) is 7.59. The van der Waals surface area contributed by atoms with Crippen LogP contribution < -0.4 is 15.1 Å². The van der Waals surface area contributed by atoms with Gasteiger partial charge in [0.2, 0.25) is 0 Å². The van der Waals surface area contributed by atoms with E-state index < -0.39 is 9.04 Å². The number of amides is 2. The maximum absolute atomic E-state index is 13.5. The average molecular weight is 575 g/mol. The van der Waals surface area contributed by atoms with Gasteiger partial charge in [-0.15, -0.1) is 0 Å². The van der Waals surface area contributed by atoms with Gasteiger partial charge in [-0.1, -0.05) is 77.4 Å². The number of benzene rings is 3. The molecular weight excluding hydrogens is 538 g/mol. The van der Waals surface area contributed by atoms with Gasteiger partial charge in [0.05, 0.1) is 10.7 Å². The normalized spacial score (nSPS) is 12.1. The van der Waals surface area contributed by atoms with Gasteiger partial charge in [0.15, 0.2) is 0 Å². The molecule has 0 aliphatic heterocycles. The highest BCUT2D eigenvalue weighted by atomic mass is 35.5. The standard InChI is InChI=1S/C32H37ClN3O3Si/c1-31(2,3)21-12-9-19(10-13-21)29(37)36-27-25(16-15-23(32(4,5)6)28(27)39-40(7)8)35-30(38)20-11-14-22-24(33)18-34-26(22)17-20/h9-18,34H,1-8H3,(H,35,38)(H,36,37). The zero-order valence-electron chi connectivity index (χ0n) is 24.4. The van der Waals surface area contributed by atoms with Gasteiger partial charge in [0.25, 0.3) is 20.9 Å². The number of fused-ring (bicyclic) bond motifs is 1. The molecule has 0 aliphatic rings. The first-order chi connectivity index (χ1) is 18.6. The molecule has 4 rings (SSSR count). The van der Waals surface area contributed by atoms with Gasteiger partial charge in [-0.05, 0) is 59.8 Å². The number of rotatable bonds is 6. The van der Waals surface area contributed by atoms with E-state index in [4.69, 9.17) is 16.0 Å². The van der Waals surface area contributed by atoms with Crippen molar-refractivity contribution in [2.24, 2.45) is 0 Å². The highest BCUT2D eigenvalue weighted by molar-refractivity contribution is 6.49. The van der Waals surface area contributed by atoms with E-state index in [0.717, 1.165) is 22.0 Å². The molecule has 1 aromatic heterocycles. The Balaban J connectivity index is 1.76. The summed E-state index contributed by atoms with van der Waals surface area (Å²) in [4.78, 5) is 30.0. The number of aromatic amines is 1. The second-order valence-electron chi connectivity index (χ2n) is 12.3. The molecule has 1 heterocycles. The number of aromatic nitrogens is 1. The van der Waals surface area contributed by atoms with E-state index in [1.54, 1.807) is 18.3 Å². The van der Waals surface area contributed by atoms with Crippen LogP contribution in [0.4, 0.5) is 11.4 Å². The fourth-order valence-electron chi connectivity index (χ4n) is 4.45. The topological polar surface area (TPSA) is 83.2 Å². The lowest BCUT2D eigenvalue weighted by Gasteiger charge is -2.28. The molecule has 6 nitrogen and oxygen atoms in total. The summed E-state index contributed by atoms with van der Waals surface area (Å²) in [6, 6.07) is 16.7. The lowest BCUT2D eigenvalue weighted by molar-refractivity contribution is 0.101. The summed E-state index contributed by atoms with van der Waals surface area (Å²) in [5.74, 6) is -0.0172. The molecule has 0 atom stereocenters. The van der Waals surface area contributed by atoms with Crippen LogP contribution in [0.1, 0.15) is 73.4 Å². The summed E-state index contributed by atoms with van der Waals surface area (Å²) in [6.07, 6.45) is 1.69. The van der Waals surface area contributed by atoms with Gasteiger partial charge in [-0.2, -0.15) is 0 Å². The van der Waals surface area contributed by atoms with Crippen molar-refractivity contribution in [3.05, 3.63) is 88.1 Å². The predicted molar refractivity (Wildman–Crippen MR) is 168 cm³/mol. The lowest BCUT2D eigenvalue weighted by atomic mass is 9.85. The maximum Gasteiger partial charge on any atom is 0.274 e. The summed E-state index contributed by atoms with van der Waals surface area (Å²) in [5.41, 5.74) is 4.44. The summed E-state index contributed by atoms with van der Waals surface area (Å²) < 4.78 is 6.41. The highest BCUT2D eigenvalue weighted by Gasteiger charge is 2.27. The van der Waals surface area contributed by atoms with Gasteiger partial charge < -0.3 is 20.0 Å². The Labute approximate surface area is 243 Å². The van der Waals surface area contributed by atoms with Gasteiger partial charge in [0.1, 0.15) is 11.4 Å². The van der Waals surface area contributed by atoms with Crippen LogP contribution in [0.25, 0.3) is 10.9 Å². The highest BCUT2D eigenvalue weighted by Crippen LogP contribution is 2.42. The molecule has 209 valence electrons. The number of nitrogens with one attached hydrogen (secondary N) is 3. The number of H-pyrrole nitrogens is 1. The molecular formula is C32H37ClN3O3Si. The molecule has 0 saturated carbocycles. The van der Waals surface area contributed by atoms with Crippen molar-refractivity contribution >= 4 is 54.7 Å². The molecule has 0 bridgehead atoms. The second kappa shape index (κ2) is 11.1. The smallest absolute Gasteiger partial charge is 0.274 e. The Morgan fingerprint density at radius 3 is 2.05 bits per heavy atom.